The predicted octanol–water partition coefficient (Wildman–Crippen LogP) is 3.08. The maximum Gasteiger partial charge on any atom is 0.255 e. The van der Waals surface area contributed by atoms with E-state index in [0.29, 0.717) is 11.0 Å². The second kappa shape index (κ2) is 7.38. The highest BCUT2D eigenvalue weighted by Gasteiger charge is 2.32. The van der Waals surface area contributed by atoms with Crippen LogP contribution in [0.1, 0.15) is 34.8 Å². The highest BCUT2D eigenvalue weighted by molar-refractivity contribution is 9.10. The number of rotatable bonds is 4. The molecule has 0 aromatic heterocycles. The topological polar surface area (TPSA) is 89.7 Å². The van der Waals surface area contributed by atoms with E-state index in [0.717, 1.165) is 24.2 Å². The number of ether oxygens (including phenoxy) is 1. The Hall–Kier alpha value is -1.90. The molecule has 2 aromatic rings. The van der Waals surface area contributed by atoms with Gasteiger partial charge in [0.05, 0.1) is 23.6 Å². The molecule has 1 heterocycles. The lowest BCUT2D eigenvalue weighted by molar-refractivity contribution is 0.0734. The average Bonchev–Trinajstić information content (AvgIpc) is 3.10. The first-order chi connectivity index (χ1) is 12.3. The molecule has 3 rings (SSSR count). The van der Waals surface area contributed by atoms with Gasteiger partial charge in [0.1, 0.15) is 5.75 Å². The Kier molecular flexibility index (Phi) is 5.36. The second-order valence-corrected chi connectivity index (χ2v) is 8.53. The zero-order valence-corrected chi connectivity index (χ0v) is 16.6. The SMILES string of the molecule is COc1ccc(C2CCCN2C(=O)c2cc(S(N)(=O)=O)ccc2Br)cc1. The predicted molar refractivity (Wildman–Crippen MR) is 102 cm³/mol. The van der Waals surface area contributed by atoms with E-state index in [1.54, 1.807) is 12.0 Å². The number of carbonyl (C=O) groups excluding carboxylic acids is 1. The summed E-state index contributed by atoms with van der Waals surface area (Å²) in [5.41, 5.74) is 1.31. The van der Waals surface area contributed by atoms with Gasteiger partial charge in [-0.15, -0.1) is 0 Å². The van der Waals surface area contributed by atoms with E-state index in [4.69, 9.17) is 9.88 Å². The molecule has 26 heavy (non-hydrogen) atoms. The number of hydrogen-bond acceptors (Lipinski definition) is 4. The third-order valence-electron chi connectivity index (χ3n) is 4.51. The summed E-state index contributed by atoms with van der Waals surface area (Å²) in [4.78, 5) is 14.8. The van der Waals surface area contributed by atoms with E-state index in [2.05, 4.69) is 15.9 Å². The van der Waals surface area contributed by atoms with Gasteiger partial charge in [-0.1, -0.05) is 12.1 Å². The first-order valence-electron chi connectivity index (χ1n) is 8.08. The fourth-order valence-corrected chi connectivity index (χ4v) is 4.14. The number of nitrogens with zero attached hydrogens (tertiary/aromatic N) is 1. The molecule has 1 fully saturated rings. The van der Waals surface area contributed by atoms with Gasteiger partial charge in [0.25, 0.3) is 5.91 Å². The summed E-state index contributed by atoms with van der Waals surface area (Å²) in [6.07, 6.45) is 1.74. The lowest BCUT2D eigenvalue weighted by Gasteiger charge is -2.26. The fraction of sp³-hybridized carbons (Fsp3) is 0.278. The van der Waals surface area contributed by atoms with Gasteiger partial charge in [0.2, 0.25) is 10.0 Å². The van der Waals surface area contributed by atoms with E-state index in [-0.39, 0.29) is 22.4 Å². The number of benzene rings is 2. The number of carbonyl (C=O) groups is 1. The maximum atomic E-state index is 13.1. The van der Waals surface area contributed by atoms with E-state index in [1.807, 2.05) is 24.3 Å². The van der Waals surface area contributed by atoms with E-state index in [1.165, 1.54) is 18.2 Å². The van der Waals surface area contributed by atoms with Gasteiger partial charge >= 0.3 is 0 Å². The quantitative estimate of drug-likeness (QED) is 0.793. The molecule has 0 spiro atoms. The molecular formula is C18H19BrN2O4S. The molecule has 0 bridgehead atoms. The minimum atomic E-state index is -3.88. The van der Waals surface area contributed by atoms with Crippen molar-refractivity contribution in [1.29, 1.82) is 0 Å². The van der Waals surface area contributed by atoms with Gasteiger partial charge in [-0.25, -0.2) is 13.6 Å². The van der Waals surface area contributed by atoms with Crippen LogP contribution in [0.3, 0.4) is 0 Å². The standard InChI is InChI=1S/C18H19BrN2O4S/c1-25-13-6-4-12(5-7-13)17-3-2-10-21(17)18(22)15-11-14(26(20,23)24)8-9-16(15)19/h4-9,11,17H,2-3,10H2,1H3,(H2,20,23,24). The summed E-state index contributed by atoms with van der Waals surface area (Å²) in [6, 6.07) is 11.8. The van der Waals surface area contributed by atoms with Crippen LogP contribution in [0.4, 0.5) is 0 Å². The number of nitrogens with two attached hydrogens (primary N) is 1. The number of halogens is 1. The van der Waals surface area contributed by atoms with Crippen molar-refractivity contribution >= 4 is 31.9 Å². The van der Waals surface area contributed by atoms with Crippen molar-refractivity contribution in [2.45, 2.75) is 23.8 Å². The third kappa shape index (κ3) is 3.77. The van der Waals surface area contributed by atoms with Crippen LogP contribution in [0, 0.1) is 0 Å². The van der Waals surface area contributed by atoms with Crippen molar-refractivity contribution in [2.24, 2.45) is 5.14 Å². The van der Waals surface area contributed by atoms with Crippen LogP contribution >= 0.6 is 15.9 Å². The van der Waals surface area contributed by atoms with E-state index in [9.17, 15) is 13.2 Å². The average molecular weight is 439 g/mol. The van der Waals surface area contributed by atoms with Crippen molar-refractivity contribution in [3.63, 3.8) is 0 Å². The molecule has 0 radical (unpaired) electrons. The largest absolute Gasteiger partial charge is 0.497 e. The van der Waals surface area contributed by atoms with Gasteiger partial charge in [-0.3, -0.25) is 4.79 Å². The van der Waals surface area contributed by atoms with Crippen LogP contribution in [-0.4, -0.2) is 32.9 Å². The molecule has 0 aliphatic carbocycles. The smallest absolute Gasteiger partial charge is 0.255 e. The molecule has 1 saturated heterocycles. The molecular weight excluding hydrogens is 420 g/mol. The number of hydrogen-bond donors (Lipinski definition) is 1. The van der Waals surface area contributed by atoms with Crippen LogP contribution in [0.2, 0.25) is 0 Å². The lowest BCUT2D eigenvalue weighted by Crippen LogP contribution is -2.31. The summed E-state index contributed by atoms with van der Waals surface area (Å²) in [6.45, 7) is 0.613. The Bertz CT molecular complexity index is 929. The second-order valence-electron chi connectivity index (χ2n) is 6.12. The van der Waals surface area contributed by atoms with Crippen molar-refractivity contribution < 1.29 is 17.9 Å². The molecule has 6 nitrogen and oxygen atoms in total. The summed E-state index contributed by atoms with van der Waals surface area (Å²) >= 11 is 3.34. The normalized spacial score (nSPS) is 17.3. The Morgan fingerprint density at radius 3 is 2.54 bits per heavy atom. The number of sulfonamides is 1. The zero-order chi connectivity index (χ0) is 18.9. The highest BCUT2D eigenvalue weighted by atomic mass is 79.9. The third-order valence-corrected chi connectivity index (χ3v) is 6.11. The van der Waals surface area contributed by atoms with Crippen LogP contribution in [0.15, 0.2) is 51.8 Å². The molecule has 1 aliphatic rings. The van der Waals surface area contributed by atoms with Gasteiger partial charge in [-0.05, 0) is 64.7 Å². The zero-order valence-electron chi connectivity index (χ0n) is 14.2. The van der Waals surface area contributed by atoms with Crippen molar-refractivity contribution in [2.75, 3.05) is 13.7 Å². The molecule has 1 aliphatic heterocycles. The first kappa shape index (κ1) is 18.9. The van der Waals surface area contributed by atoms with E-state index >= 15 is 0 Å². The monoisotopic (exact) mass is 438 g/mol. The van der Waals surface area contributed by atoms with Gasteiger partial charge in [-0.2, -0.15) is 0 Å². The maximum absolute atomic E-state index is 13.1. The summed E-state index contributed by atoms with van der Waals surface area (Å²) in [5.74, 6) is 0.536. The minimum absolute atomic E-state index is 0.0570. The molecule has 1 amide bonds. The number of likely N-dealkylation sites (tertiary alicyclic amines) is 1. The highest BCUT2D eigenvalue weighted by Crippen LogP contribution is 2.35. The summed E-state index contributed by atoms with van der Waals surface area (Å²) in [5, 5.41) is 5.20. The Morgan fingerprint density at radius 2 is 1.92 bits per heavy atom. The molecule has 1 unspecified atom stereocenters. The van der Waals surface area contributed by atoms with Gasteiger partial charge in [0.15, 0.2) is 0 Å². The molecule has 8 heteroatoms. The fourth-order valence-electron chi connectivity index (χ4n) is 3.18. The van der Waals surface area contributed by atoms with Gasteiger partial charge < -0.3 is 9.64 Å². The van der Waals surface area contributed by atoms with Crippen molar-refractivity contribution in [1.82, 2.24) is 4.90 Å². The first-order valence-corrected chi connectivity index (χ1v) is 10.4. The van der Waals surface area contributed by atoms with Crippen LogP contribution in [0.25, 0.3) is 0 Å². The molecule has 138 valence electrons. The van der Waals surface area contributed by atoms with Crippen molar-refractivity contribution in [3.05, 3.63) is 58.1 Å². The molecule has 2 N–H and O–H groups in total. The molecule has 0 saturated carbocycles. The van der Waals surface area contributed by atoms with E-state index < -0.39 is 10.0 Å². The number of methoxy groups -OCH3 is 1. The van der Waals surface area contributed by atoms with Crippen LogP contribution in [0.5, 0.6) is 5.75 Å². The Labute approximate surface area is 161 Å². The van der Waals surface area contributed by atoms with Gasteiger partial charge in [0, 0.05) is 11.0 Å². The van der Waals surface area contributed by atoms with Crippen molar-refractivity contribution in [3.8, 4) is 5.75 Å². The minimum Gasteiger partial charge on any atom is -0.497 e. The Morgan fingerprint density at radius 1 is 1.23 bits per heavy atom. The van der Waals surface area contributed by atoms with Crippen LogP contribution in [-0.2, 0) is 10.0 Å². The summed E-state index contributed by atoms with van der Waals surface area (Å²) < 4.78 is 28.9. The number of amides is 1. The lowest BCUT2D eigenvalue weighted by atomic mass is 10.0. The molecule has 1 atom stereocenters. The molecule has 2 aromatic carbocycles. The van der Waals surface area contributed by atoms with Crippen LogP contribution < -0.4 is 9.88 Å². The number of primary sulfonamides is 1. The Balaban J connectivity index is 1.93. The summed E-state index contributed by atoms with van der Waals surface area (Å²) in [7, 11) is -2.27.